The van der Waals surface area contributed by atoms with E-state index in [1.165, 1.54) is 15.6 Å². The number of nitrogens with zero attached hydrogens (tertiary/aromatic N) is 1. The Morgan fingerprint density at radius 3 is 2.59 bits per heavy atom. The normalized spacial score (nSPS) is 14.0. The SMILES string of the molecule is CCNC(C)c1sc(CSC(C)(C)C)nc1C. The Morgan fingerprint density at radius 2 is 2.06 bits per heavy atom. The Balaban J connectivity index is 2.68. The first-order chi connectivity index (χ1) is 7.83. The molecule has 0 aliphatic carbocycles. The molecule has 1 N–H and O–H groups in total. The number of aryl methyl sites for hydroxylation is 1. The maximum atomic E-state index is 4.67. The van der Waals surface area contributed by atoms with Crippen LogP contribution in [0.4, 0.5) is 0 Å². The van der Waals surface area contributed by atoms with E-state index in [4.69, 9.17) is 0 Å². The van der Waals surface area contributed by atoms with E-state index in [1.54, 1.807) is 0 Å². The lowest BCUT2D eigenvalue weighted by molar-refractivity contribution is 0.603. The van der Waals surface area contributed by atoms with Gasteiger partial charge < -0.3 is 5.32 Å². The van der Waals surface area contributed by atoms with Gasteiger partial charge in [0.25, 0.3) is 0 Å². The standard InChI is InChI=1S/C13H24N2S2/c1-7-14-9(2)12-10(3)15-11(17-12)8-16-13(4,5)6/h9,14H,7-8H2,1-6H3. The monoisotopic (exact) mass is 272 g/mol. The van der Waals surface area contributed by atoms with Gasteiger partial charge in [0.15, 0.2) is 0 Å². The van der Waals surface area contributed by atoms with Crippen LogP contribution >= 0.6 is 23.1 Å². The molecular weight excluding hydrogens is 248 g/mol. The third-order valence-corrected chi connectivity index (χ3v) is 5.22. The summed E-state index contributed by atoms with van der Waals surface area (Å²) in [6, 6.07) is 0.422. The minimum absolute atomic E-state index is 0.313. The van der Waals surface area contributed by atoms with Crippen LogP contribution in [0.3, 0.4) is 0 Å². The maximum Gasteiger partial charge on any atom is 0.103 e. The van der Waals surface area contributed by atoms with Gasteiger partial charge in [-0.2, -0.15) is 0 Å². The third kappa shape index (κ3) is 4.98. The Hall–Kier alpha value is -0.0600. The summed E-state index contributed by atoms with van der Waals surface area (Å²) in [5, 5.41) is 4.70. The highest BCUT2D eigenvalue weighted by Gasteiger charge is 2.16. The molecular formula is C13H24N2S2. The van der Waals surface area contributed by atoms with Gasteiger partial charge in [-0.15, -0.1) is 23.1 Å². The molecule has 1 atom stereocenters. The van der Waals surface area contributed by atoms with Crippen LogP contribution in [0.2, 0.25) is 0 Å². The summed E-state index contributed by atoms with van der Waals surface area (Å²) in [6.07, 6.45) is 0. The fourth-order valence-electron chi connectivity index (χ4n) is 1.61. The first-order valence-corrected chi connectivity index (χ1v) is 7.97. The van der Waals surface area contributed by atoms with Crippen LogP contribution in [0.15, 0.2) is 0 Å². The van der Waals surface area contributed by atoms with Crippen LogP contribution in [0.1, 0.15) is 56.2 Å². The molecule has 0 spiro atoms. The van der Waals surface area contributed by atoms with Crippen LogP contribution in [0, 0.1) is 6.92 Å². The molecule has 1 unspecified atom stereocenters. The van der Waals surface area contributed by atoms with Gasteiger partial charge in [-0.05, 0) is 20.4 Å². The van der Waals surface area contributed by atoms with E-state index >= 15 is 0 Å². The van der Waals surface area contributed by atoms with Crippen LogP contribution in [0.5, 0.6) is 0 Å². The van der Waals surface area contributed by atoms with E-state index in [0.29, 0.717) is 10.8 Å². The molecule has 0 fully saturated rings. The molecule has 2 nitrogen and oxygen atoms in total. The third-order valence-electron chi connectivity index (χ3n) is 2.41. The molecule has 0 saturated heterocycles. The molecule has 0 aliphatic rings. The van der Waals surface area contributed by atoms with Gasteiger partial charge in [0.1, 0.15) is 5.01 Å². The highest BCUT2D eigenvalue weighted by atomic mass is 32.2. The molecule has 0 bridgehead atoms. The number of hydrogen-bond acceptors (Lipinski definition) is 4. The van der Waals surface area contributed by atoms with Crippen LogP contribution in [-0.2, 0) is 5.75 Å². The highest BCUT2D eigenvalue weighted by Crippen LogP contribution is 2.31. The van der Waals surface area contributed by atoms with Gasteiger partial charge in [-0.3, -0.25) is 0 Å². The fourth-order valence-corrected chi connectivity index (χ4v) is 3.53. The topological polar surface area (TPSA) is 24.9 Å². The summed E-state index contributed by atoms with van der Waals surface area (Å²) in [5.41, 5.74) is 1.19. The summed E-state index contributed by atoms with van der Waals surface area (Å²) < 4.78 is 0.313. The van der Waals surface area contributed by atoms with Gasteiger partial charge in [0.2, 0.25) is 0 Å². The zero-order valence-electron chi connectivity index (χ0n) is 11.8. The van der Waals surface area contributed by atoms with E-state index in [2.05, 4.69) is 51.8 Å². The van der Waals surface area contributed by atoms with E-state index in [-0.39, 0.29) is 0 Å². The maximum absolute atomic E-state index is 4.67. The van der Waals surface area contributed by atoms with Gasteiger partial charge in [-0.1, -0.05) is 27.7 Å². The van der Waals surface area contributed by atoms with Crippen molar-refractivity contribution in [2.24, 2.45) is 0 Å². The second kappa shape index (κ2) is 6.21. The molecule has 1 rings (SSSR count). The molecule has 1 heterocycles. The van der Waals surface area contributed by atoms with E-state index in [1.807, 2.05) is 23.1 Å². The highest BCUT2D eigenvalue weighted by molar-refractivity contribution is 7.99. The number of thiazole rings is 1. The first kappa shape index (κ1) is 15.0. The van der Waals surface area contributed by atoms with Crippen LogP contribution < -0.4 is 5.32 Å². The van der Waals surface area contributed by atoms with Crippen molar-refractivity contribution in [3.05, 3.63) is 15.6 Å². The Kier molecular flexibility index (Phi) is 5.48. The number of rotatable bonds is 5. The average Bonchev–Trinajstić information content (AvgIpc) is 2.56. The second-order valence-corrected chi connectivity index (χ2v) is 8.15. The van der Waals surface area contributed by atoms with Crippen LogP contribution in [0.25, 0.3) is 0 Å². The Labute approximate surface area is 114 Å². The van der Waals surface area contributed by atoms with Crippen molar-refractivity contribution in [1.29, 1.82) is 0 Å². The van der Waals surface area contributed by atoms with Crippen molar-refractivity contribution in [3.63, 3.8) is 0 Å². The zero-order chi connectivity index (χ0) is 13.1. The predicted molar refractivity (Wildman–Crippen MR) is 80.0 cm³/mol. The molecule has 0 amide bonds. The van der Waals surface area contributed by atoms with Crippen molar-refractivity contribution in [1.82, 2.24) is 10.3 Å². The fraction of sp³-hybridized carbons (Fsp3) is 0.769. The lowest BCUT2D eigenvalue weighted by atomic mass is 10.2. The molecule has 17 heavy (non-hydrogen) atoms. The van der Waals surface area contributed by atoms with E-state index in [0.717, 1.165) is 12.3 Å². The summed E-state index contributed by atoms with van der Waals surface area (Å²) in [5.74, 6) is 1.02. The average molecular weight is 272 g/mol. The summed E-state index contributed by atoms with van der Waals surface area (Å²) >= 11 is 3.82. The van der Waals surface area contributed by atoms with Crippen molar-refractivity contribution in [2.75, 3.05) is 6.54 Å². The quantitative estimate of drug-likeness (QED) is 0.871. The predicted octanol–water partition coefficient (Wildman–Crippen LogP) is 4.15. The minimum atomic E-state index is 0.313. The molecule has 4 heteroatoms. The smallest absolute Gasteiger partial charge is 0.103 e. The van der Waals surface area contributed by atoms with Crippen molar-refractivity contribution >= 4 is 23.1 Å². The van der Waals surface area contributed by atoms with E-state index < -0.39 is 0 Å². The number of nitrogens with one attached hydrogen (secondary N) is 1. The second-order valence-electron chi connectivity index (χ2n) is 5.24. The largest absolute Gasteiger partial charge is 0.310 e. The molecule has 0 saturated carbocycles. The number of aromatic nitrogens is 1. The summed E-state index contributed by atoms with van der Waals surface area (Å²) in [4.78, 5) is 6.06. The molecule has 1 aromatic heterocycles. The summed E-state index contributed by atoms with van der Waals surface area (Å²) in [7, 11) is 0. The molecule has 1 aromatic rings. The first-order valence-electron chi connectivity index (χ1n) is 6.17. The van der Waals surface area contributed by atoms with Crippen LogP contribution in [-0.4, -0.2) is 16.3 Å². The van der Waals surface area contributed by atoms with Gasteiger partial charge >= 0.3 is 0 Å². The molecule has 0 radical (unpaired) electrons. The number of thioether (sulfide) groups is 1. The molecule has 98 valence electrons. The molecule has 0 aromatic carbocycles. The van der Waals surface area contributed by atoms with Gasteiger partial charge in [0.05, 0.1) is 5.69 Å². The number of hydrogen-bond donors (Lipinski definition) is 1. The lowest BCUT2D eigenvalue weighted by Gasteiger charge is -2.16. The zero-order valence-corrected chi connectivity index (χ0v) is 13.4. The Bertz CT molecular complexity index is 353. The molecule has 0 aliphatic heterocycles. The Morgan fingerprint density at radius 1 is 1.41 bits per heavy atom. The van der Waals surface area contributed by atoms with Crippen molar-refractivity contribution in [2.45, 2.75) is 58.1 Å². The van der Waals surface area contributed by atoms with Crippen molar-refractivity contribution in [3.8, 4) is 0 Å². The lowest BCUT2D eigenvalue weighted by Crippen LogP contribution is -2.17. The van der Waals surface area contributed by atoms with Gasteiger partial charge in [-0.25, -0.2) is 4.98 Å². The van der Waals surface area contributed by atoms with E-state index in [9.17, 15) is 0 Å². The van der Waals surface area contributed by atoms with Gasteiger partial charge in [0, 0.05) is 21.4 Å². The van der Waals surface area contributed by atoms with Crippen molar-refractivity contribution < 1.29 is 0 Å². The summed E-state index contributed by atoms with van der Waals surface area (Å²) in [6.45, 7) is 14.2. The minimum Gasteiger partial charge on any atom is -0.310 e.